The van der Waals surface area contributed by atoms with Crippen LogP contribution in [0.5, 0.6) is 0 Å². The predicted octanol–water partition coefficient (Wildman–Crippen LogP) is 4.81. The lowest BCUT2D eigenvalue weighted by molar-refractivity contribution is -0.116. The molecular weight excluding hydrogens is 299 g/mol. The highest BCUT2D eigenvalue weighted by molar-refractivity contribution is 7.51. The van der Waals surface area contributed by atoms with Crippen molar-refractivity contribution in [3.8, 4) is 0 Å². The summed E-state index contributed by atoms with van der Waals surface area (Å²) in [5.41, 5.74) is 3.64. The Labute approximate surface area is 134 Å². The van der Waals surface area contributed by atoms with Crippen LogP contribution in [0.15, 0.2) is 34.9 Å². The van der Waals surface area contributed by atoms with Gasteiger partial charge in [-0.25, -0.2) is 0 Å². The highest BCUT2D eigenvalue weighted by Gasteiger charge is 2.11. The van der Waals surface area contributed by atoms with Crippen molar-refractivity contribution in [3.05, 3.63) is 34.9 Å². The summed E-state index contributed by atoms with van der Waals surface area (Å²) >= 11 is 0. The number of allylic oxidation sites excluding steroid dienone is 5. The lowest BCUT2D eigenvalue weighted by Crippen LogP contribution is -2.04. The van der Waals surface area contributed by atoms with Gasteiger partial charge in [-0.05, 0) is 59.5 Å². The molecule has 22 heavy (non-hydrogen) atoms. The molecule has 5 heteroatoms. The van der Waals surface area contributed by atoms with Gasteiger partial charge in [-0.1, -0.05) is 28.9 Å². The summed E-state index contributed by atoms with van der Waals surface area (Å²) < 4.78 is 15.5. The normalized spacial score (nSPS) is 15.4. The van der Waals surface area contributed by atoms with Gasteiger partial charge in [0, 0.05) is 6.66 Å². The van der Waals surface area contributed by atoms with Crippen LogP contribution in [0.3, 0.4) is 0 Å². The first kappa shape index (κ1) is 21.0. The summed E-state index contributed by atoms with van der Waals surface area (Å²) in [6.07, 6.45) is 9.73. The van der Waals surface area contributed by atoms with Crippen LogP contribution in [0.4, 0.5) is 0 Å². The van der Waals surface area contributed by atoms with Gasteiger partial charge in [0.1, 0.15) is 6.61 Å². The minimum Gasteiger partial charge on any atom is -0.324 e. The van der Waals surface area contributed by atoms with Crippen LogP contribution in [0.2, 0.25) is 0 Å². The number of carbonyl (C=O) groups is 1. The van der Waals surface area contributed by atoms with Crippen molar-refractivity contribution < 1.29 is 18.8 Å². The summed E-state index contributed by atoms with van der Waals surface area (Å²) in [7, 11) is -3.58. The van der Waals surface area contributed by atoms with E-state index in [1.807, 2.05) is 6.92 Å². The highest BCUT2D eigenvalue weighted by Crippen LogP contribution is 2.36. The molecule has 0 aromatic carbocycles. The quantitative estimate of drug-likeness (QED) is 0.355. The van der Waals surface area contributed by atoms with Crippen molar-refractivity contribution in [1.29, 1.82) is 0 Å². The summed E-state index contributed by atoms with van der Waals surface area (Å²) in [4.78, 5) is 20.5. The Bertz CT molecular complexity index is 491. The molecule has 0 aliphatic rings. The third-order valence-electron chi connectivity index (χ3n) is 2.98. The topological polar surface area (TPSA) is 63.6 Å². The van der Waals surface area contributed by atoms with E-state index in [0.717, 1.165) is 37.9 Å². The fourth-order valence-electron chi connectivity index (χ4n) is 1.81. The molecule has 0 heterocycles. The zero-order valence-electron chi connectivity index (χ0n) is 14.4. The second-order valence-corrected chi connectivity index (χ2v) is 7.81. The fourth-order valence-corrected chi connectivity index (χ4v) is 2.18. The van der Waals surface area contributed by atoms with Gasteiger partial charge in [-0.15, -0.1) is 0 Å². The Kier molecular flexibility index (Phi) is 10.2. The molecule has 0 radical (unpaired) electrons. The van der Waals surface area contributed by atoms with Gasteiger partial charge in [-0.3, -0.25) is 9.36 Å². The first-order valence-electron chi connectivity index (χ1n) is 7.54. The monoisotopic (exact) mass is 328 g/mol. The van der Waals surface area contributed by atoms with Crippen molar-refractivity contribution >= 4 is 13.4 Å². The van der Waals surface area contributed by atoms with Crippen LogP contribution < -0.4 is 0 Å². The molecule has 0 spiro atoms. The molecule has 0 saturated carbocycles. The van der Waals surface area contributed by atoms with Crippen LogP contribution in [0.25, 0.3) is 0 Å². The molecule has 0 rings (SSSR count). The van der Waals surface area contributed by atoms with Crippen molar-refractivity contribution in [2.24, 2.45) is 0 Å². The number of ketones is 1. The maximum atomic E-state index is 11.5. The molecule has 0 saturated heterocycles. The lowest BCUT2D eigenvalue weighted by Gasteiger charge is -2.05. The molecule has 0 aromatic heterocycles. The first-order valence-corrected chi connectivity index (χ1v) is 9.56. The molecule has 0 amide bonds. The van der Waals surface area contributed by atoms with E-state index in [9.17, 15) is 9.36 Å². The van der Waals surface area contributed by atoms with E-state index in [2.05, 4.69) is 37.4 Å². The van der Waals surface area contributed by atoms with E-state index in [1.54, 1.807) is 0 Å². The van der Waals surface area contributed by atoms with Gasteiger partial charge < -0.3 is 9.42 Å². The van der Waals surface area contributed by atoms with E-state index in [1.165, 1.54) is 17.2 Å². The van der Waals surface area contributed by atoms with Gasteiger partial charge in [-0.2, -0.15) is 0 Å². The predicted molar refractivity (Wildman–Crippen MR) is 92.1 cm³/mol. The average Bonchev–Trinajstić information content (AvgIpc) is 2.35. The second-order valence-electron chi connectivity index (χ2n) is 5.94. The number of hydrogen-bond acceptors (Lipinski definition) is 3. The van der Waals surface area contributed by atoms with Crippen molar-refractivity contribution in [2.45, 2.75) is 53.4 Å². The van der Waals surface area contributed by atoms with E-state index < -0.39 is 7.60 Å². The maximum Gasteiger partial charge on any atom is 0.325 e. The van der Waals surface area contributed by atoms with Gasteiger partial charge in [0.25, 0.3) is 0 Å². The second kappa shape index (κ2) is 10.7. The third-order valence-corrected chi connectivity index (χ3v) is 3.58. The Morgan fingerprint density at radius 2 is 1.59 bits per heavy atom. The van der Waals surface area contributed by atoms with Gasteiger partial charge in [0.15, 0.2) is 5.78 Å². The van der Waals surface area contributed by atoms with Crippen LogP contribution in [-0.2, 0) is 13.9 Å². The Hall–Kier alpha value is -0.960. The third kappa shape index (κ3) is 14.0. The molecule has 0 aromatic rings. The van der Waals surface area contributed by atoms with Crippen LogP contribution in [0.1, 0.15) is 53.4 Å². The SMILES string of the molecule is CC(C)=CCCC(C)=CCCC(C)=CC(=O)COP(C)(=O)O. The van der Waals surface area contributed by atoms with Crippen LogP contribution in [0, 0.1) is 0 Å². The zero-order chi connectivity index (χ0) is 17.2. The minimum atomic E-state index is -3.58. The largest absolute Gasteiger partial charge is 0.325 e. The molecule has 4 nitrogen and oxygen atoms in total. The van der Waals surface area contributed by atoms with E-state index in [0.29, 0.717) is 0 Å². The van der Waals surface area contributed by atoms with Crippen LogP contribution in [-0.4, -0.2) is 23.9 Å². The molecular formula is C17H29O4P. The Balaban J connectivity index is 4.13. The fraction of sp³-hybridized carbons (Fsp3) is 0.588. The van der Waals surface area contributed by atoms with Crippen molar-refractivity contribution in [2.75, 3.05) is 13.3 Å². The highest BCUT2D eigenvalue weighted by atomic mass is 31.2. The number of carbonyl (C=O) groups excluding carboxylic acids is 1. The standard InChI is InChI=1S/C17H29O4P/c1-14(2)8-6-9-15(3)10-7-11-16(4)12-17(18)13-21-22(5,19)20/h8,10,12H,6-7,9,11,13H2,1-5H3,(H,19,20). The minimum absolute atomic E-state index is 0.280. The molecule has 1 N–H and O–H groups in total. The van der Waals surface area contributed by atoms with E-state index >= 15 is 0 Å². The Morgan fingerprint density at radius 1 is 1.05 bits per heavy atom. The van der Waals surface area contributed by atoms with Gasteiger partial charge >= 0.3 is 7.60 Å². The van der Waals surface area contributed by atoms with Crippen molar-refractivity contribution in [1.82, 2.24) is 0 Å². The number of hydrogen-bond donors (Lipinski definition) is 1. The Morgan fingerprint density at radius 3 is 2.14 bits per heavy atom. The maximum absolute atomic E-state index is 11.5. The molecule has 126 valence electrons. The molecule has 0 bridgehead atoms. The molecule has 0 aliphatic carbocycles. The van der Waals surface area contributed by atoms with Gasteiger partial charge in [0.05, 0.1) is 0 Å². The smallest absolute Gasteiger partial charge is 0.324 e. The summed E-state index contributed by atoms with van der Waals surface area (Å²) in [5, 5.41) is 0. The summed E-state index contributed by atoms with van der Waals surface area (Å²) in [6, 6.07) is 0. The molecule has 0 fully saturated rings. The van der Waals surface area contributed by atoms with Crippen LogP contribution >= 0.6 is 7.60 Å². The molecule has 1 unspecified atom stereocenters. The first-order chi connectivity index (χ1) is 10.1. The zero-order valence-corrected chi connectivity index (χ0v) is 15.3. The van der Waals surface area contributed by atoms with Gasteiger partial charge in [0.2, 0.25) is 0 Å². The van der Waals surface area contributed by atoms with E-state index in [-0.39, 0.29) is 12.4 Å². The molecule has 0 aliphatic heterocycles. The summed E-state index contributed by atoms with van der Waals surface area (Å²) in [5.74, 6) is -0.280. The van der Waals surface area contributed by atoms with E-state index in [4.69, 9.17) is 4.89 Å². The lowest BCUT2D eigenvalue weighted by atomic mass is 10.1. The summed E-state index contributed by atoms with van der Waals surface area (Å²) in [6.45, 7) is 8.93. The van der Waals surface area contributed by atoms with Crippen molar-refractivity contribution in [3.63, 3.8) is 0 Å². The number of rotatable bonds is 10. The average molecular weight is 328 g/mol. The molecule has 1 atom stereocenters.